The maximum Gasteiger partial charge on any atom is 0.338 e. The van der Waals surface area contributed by atoms with Gasteiger partial charge in [-0.05, 0) is 40.5 Å². The van der Waals surface area contributed by atoms with Crippen molar-refractivity contribution in [2.24, 2.45) is 0 Å². The molecular weight excluding hydrogens is 282 g/mol. The molecule has 0 aliphatic rings. The number of hydrogen-bond donors (Lipinski definition) is 1. The Morgan fingerprint density at radius 2 is 2.12 bits per heavy atom. The maximum absolute atomic E-state index is 11.6. The van der Waals surface area contributed by atoms with Crippen LogP contribution in [0.2, 0.25) is 0 Å². The number of rotatable bonds is 6. The number of unbranched alkanes of at least 4 members (excludes halogenated alkanes) is 3. The van der Waals surface area contributed by atoms with Crippen LogP contribution in [0, 0.1) is 0 Å². The van der Waals surface area contributed by atoms with E-state index in [9.17, 15) is 4.79 Å². The molecule has 0 amide bonds. The van der Waals surface area contributed by atoms with Crippen LogP contribution in [0.5, 0.6) is 0 Å². The minimum atomic E-state index is -0.305. The van der Waals surface area contributed by atoms with Gasteiger partial charge in [0.15, 0.2) is 0 Å². The first-order chi connectivity index (χ1) is 8.15. The molecule has 0 aliphatic carbocycles. The average Bonchev–Trinajstić information content (AvgIpc) is 2.32. The molecule has 0 aromatic heterocycles. The zero-order valence-electron chi connectivity index (χ0n) is 10.0. The molecule has 0 aliphatic heterocycles. The standard InChI is InChI=1S/C13H18BrNO2/c1-2-3-4-5-8-17-13(16)10-6-7-11(14)12(15)9-10/h6-7,9H,2-5,8,15H2,1H3. The number of benzene rings is 1. The third kappa shape index (κ3) is 4.77. The normalized spacial score (nSPS) is 10.2. The van der Waals surface area contributed by atoms with Crippen LogP contribution >= 0.6 is 15.9 Å². The molecule has 0 saturated carbocycles. The van der Waals surface area contributed by atoms with E-state index in [1.165, 1.54) is 12.8 Å². The van der Waals surface area contributed by atoms with E-state index in [1.54, 1.807) is 18.2 Å². The van der Waals surface area contributed by atoms with Crippen LogP contribution in [0.25, 0.3) is 0 Å². The molecule has 1 aromatic rings. The molecule has 2 N–H and O–H groups in total. The van der Waals surface area contributed by atoms with Crippen LogP contribution in [0.3, 0.4) is 0 Å². The Kier molecular flexibility index (Phi) is 6.05. The first-order valence-corrected chi connectivity index (χ1v) is 6.66. The highest BCUT2D eigenvalue weighted by molar-refractivity contribution is 9.10. The Labute approximate surface area is 110 Å². The number of halogens is 1. The summed E-state index contributed by atoms with van der Waals surface area (Å²) in [7, 11) is 0. The minimum absolute atomic E-state index is 0.305. The first-order valence-electron chi connectivity index (χ1n) is 5.87. The van der Waals surface area contributed by atoms with Gasteiger partial charge in [0.25, 0.3) is 0 Å². The molecule has 0 bridgehead atoms. The SMILES string of the molecule is CCCCCCOC(=O)c1ccc(Br)c(N)c1. The number of anilines is 1. The zero-order valence-corrected chi connectivity index (χ0v) is 11.6. The van der Waals surface area contributed by atoms with Crippen molar-refractivity contribution in [1.82, 2.24) is 0 Å². The van der Waals surface area contributed by atoms with Crippen LogP contribution in [0.1, 0.15) is 43.0 Å². The summed E-state index contributed by atoms with van der Waals surface area (Å²) in [6.45, 7) is 2.63. The number of hydrogen-bond acceptors (Lipinski definition) is 3. The summed E-state index contributed by atoms with van der Waals surface area (Å²) in [6.07, 6.45) is 4.39. The van der Waals surface area contributed by atoms with E-state index >= 15 is 0 Å². The molecule has 4 heteroatoms. The van der Waals surface area contributed by atoms with Crippen molar-refractivity contribution in [2.75, 3.05) is 12.3 Å². The Hall–Kier alpha value is -1.03. The van der Waals surface area contributed by atoms with Crippen LogP contribution < -0.4 is 5.73 Å². The Morgan fingerprint density at radius 3 is 2.76 bits per heavy atom. The van der Waals surface area contributed by atoms with Crippen LogP contribution in [-0.2, 0) is 4.74 Å². The number of carbonyl (C=O) groups is 1. The molecule has 0 atom stereocenters. The van der Waals surface area contributed by atoms with E-state index in [1.807, 2.05) is 0 Å². The van der Waals surface area contributed by atoms with Crippen molar-refractivity contribution >= 4 is 27.6 Å². The van der Waals surface area contributed by atoms with Gasteiger partial charge in [0.05, 0.1) is 12.2 Å². The fourth-order valence-electron chi connectivity index (χ4n) is 1.45. The molecule has 0 radical (unpaired) electrons. The van der Waals surface area contributed by atoms with Gasteiger partial charge in [0.1, 0.15) is 0 Å². The van der Waals surface area contributed by atoms with Gasteiger partial charge in [0, 0.05) is 10.2 Å². The summed E-state index contributed by atoms with van der Waals surface area (Å²) >= 11 is 3.28. The Bertz CT molecular complexity index is 380. The molecule has 3 nitrogen and oxygen atoms in total. The van der Waals surface area contributed by atoms with E-state index < -0.39 is 0 Å². The van der Waals surface area contributed by atoms with E-state index in [0.29, 0.717) is 17.9 Å². The summed E-state index contributed by atoms with van der Waals surface area (Å²) in [6, 6.07) is 5.08. The number of nitrogens with two attached hydrogens (primary N) is 1. The Balaban J connectivity index is 2.39. The highest BCUT2D eigenvalue weighted by Gasteiger charge is 2.08. The van der Waals surface area contributed by atoms with E-state index in [-0.39, 0.29) is 5.97 Å². The molecule has 0 unspecified atom stereocenters. The zero-order chi connectivity index (χ0) is 12.7. The lowest BCUT2D eigenvalue weighted by molar-refractivity contribution is 0.0498. The largest absolute Gasteiger partial charge is 0.462 e. The van der Waals surface area contributed by atoms with Gasteiger partial charge in [0.2, 0.25) is 0 Å². The lowest BCUT2D eigenvalue weighted by Crippen LogP contribution is -2.07. The average molecular weight is 300 g/mol. The van der Waals surface area contributed by atoms with E-state index in [4.69, 9.17) is 10.5 Å². The van der Waals surface area contributed by atoms with Crippen molar-refractivity contribution in [3.8, 4) is 0 Å². The smallest absolute Gasteiger partial charge is 0.338 e. The first kappa shape index (κ1) is 14.0. The Morgan fingerprint density at radius 1 is 1.35 bits per heavy atom. The van der Waals surface area contributed by atoms with Gasteiger partial charge >= 0.3 is 5.97 Å². The lowest BCUT2D eigenvalue weighted by Gasteiger charge is -2.06. The van der Waals surface area contributed by atoms with Crippen molar-refractivity contribution in [3.63, 3.8) is 0 Å². The van der Waals surface area contributed by atoms with Gasteiger partial charge in [-0.3, -0.25) is 0 Å². The molecule has 0 fully saturated rings. The van der Waals surface area contributed by atoms with Gasteiger partial charge in [-0.15, -0.1) is 0 Å². The lowest BCUT2D eigenvalue weighted by atomic mass is 10.2. The highest BCUT2D eigenvalue weighted by atomic mass is 79.9. The predicted molar refractivity (Wildman–Crippen MR) is 73.0 cm³/mol. The van der Waals surface area contributed by atoms with Crippen LogP contribution in [-0.4, -0.2) is 12.6 Å². The third-order valence-electron chi connectivity index (χ3n) is 2.46. The number of esters is 1. The molecule has 0 spiro atoms. The molecule has 94 valence electrons. The summed E-state index contributed by atoms with van der Waals surface area (Å²) in [5.74, 6) is -0.305. The van der Waals surface area contributed by atoms with Crippen LogP contribution in [0.15, 0.2) is 22.7 Å². The molecular formula is C13H18BrNO2. The van der Waals surface area contributed by atoms with E-state index in [2.05, 4.69) is 22.9 Å². The number of carbonyl (C=O) groups excluding carboxylic acids is 1. The fourth-order valence-corrected chi connectivity index (χ4v) is 1.69. The topological polar surface area (TPSA) is 52.3 Å². The predicted octanol–water partition coefficient (Wildman–Crippen LogP) is 3.77. The monoisotopic (exact) mass is 299 g/mol. The van der Waals surface area contributed by atoms with Crippen molar-refractivity contribution in [2.45, 2.75) is 32.6 Å². The summed E-state index contributed by atoms with van der Waals surface area (Å²) in [4.78, 5) is 11.6. The van der Waals surface area contributed by atoms with Gasteiger partial charge < -0.3 is 10.5 Å². The molecule has 1 rings (SSSR count). The second-order valence-electron chi connectivity index (χ2n) is 3.93. The van der Waals surface area contributed by atoms with Crippen molar-refractivity contribution in [3.05, 3.63) is 28.2 Å². The third-order valence-corrected chi connectivity index (χ3v) is 3.18. The quantitative estimate of drug-likeness (QED) is 0.494. The number of ether oxygens (including phenoxy) is 1. The maximum atomic E-state index is 11.6. The van der Waals surface area contributed by atoms with Gasteiger partial charge in [-0.2, -0.15) is 0 Å². The van der Waals surface area contributed by atoms with Crippen molar-refractivity contribution < 1.29 is 9.53 Å². The summed E-state index contributed by atoms with van der Waals surface area (Å²) in [5.41, 5.74) is 6.75. The van der Waals surface area contributed by atoms with E-state index in [0.717, 1.165) is 17.3 Å². The van der Waals surface area contributed by atoms with Gasteiger partial charge in [-0.25, -0.2) is 4.79 Å². The molecule has 1 aromatic carbocycles. The summed E-state index contributed by atoms with van der Waals surface area (Å²) < 4.78 is 5.95. The van der Waals surface area contributed by atoms with Crippen LogP contribution in [0.4, 0.5) is 5.69 Å². The van der Waals surface area contributed by atoms with Crippen molar-refractivity contribution in [1.29, 1.82) is 0 Å². The highest BCUT2D eigenvalue weighted by Crippen LogP contribution is 2.20. The molecule has 0 heterocycles. The second-order valence-corrected chi connectivity index (χ2v) is 4.79. The number of nitrogen functional groups attached to an aromatic ring is 1. The fraction of sp³-hybridized carbons (Fsp3) is 0.462. The minimum Gasteiger partial charge on any atom is -0.462 e. The summed E-state index contributed by atoms with van der Waals surface area (Å²) in [5, 5.41) is 0. The molecule has 0 saturated heterocycles. The molecule has 17 heavy (non-hydrogen) atoms. The van der Waals surface area contributed by atoms with Gasteiger partial charge in [-0.1, -0.05) is 26.2 Å². The second kappa shape index (κ2) is 7.33.